The van der Waals surface area contributed by atoms with Crippen molar-refractivity contribution in [1.82, 2.24) is 10.9 Å². The molecule has 21 heavy (non-hydrogen) atoms. The number of hydrogen-bond acceptors (Lipinski definition) is 4. The highest BCUT2D eigenvalue weighted by Crippen LogP contribution is 2.19. The predicted octanol–water partition coefficient (Wildman–Crippen LogP) is 0.890. The number of sulfone groups is 1. The summed E-state index contributed by atoms with van der Waals surface area (Å²) in [5.41, 5.74) is 5.99. The van der Waals surface area contributed by atoms with Crippen molar-refractivity contribution in [1.29, 1.82) is 0 Å². The van der Waals surface area contributed by atoms with E-state index in [0.29, 0.717) is 18.4 Å². The number of hydrogen-bond donors (Lipinski definition) is 2. The molecular weight excluding hydrogens is 288 g/mol. The number of nitrogens with one attached hydrogen (secondary N) is 2. The second-order valence-corrected chi connectivity index (χ2v) is 6.66. The minimum absolute atomic E-state index is 0.0221. The fourth-order valence-electron chi connectivity index (χ4n) is 2.05. The van der Waals surface area contributed by atoms with Crippen LogP contribution in [0.3, 0.4) is 0 Å². The summed E-state index contributed by atoms with van der Waals surface area (Å²) in [6.07, 6.45) is 9.79. The number of benzene rings is 1. The minimum Gasteiger partial charge on any atom is -0.291 e. The van der Waals surface area contributed by atoms with Crippen molar-refractivity contribution in [2.24, 2.45) is 0 Å². The van der Waals surface area contributed by atoms with Crippen LogP contribution in [0.1, 0.15) is 18.4 Å². The van der Waals surface area contributed by atoms with Gasteiger partial charge in [0.2, 0.25) is 5.91 Å². The van der Waals surface area contributed by atoms with Gasteiger partial charge in [-0.1, -0.05) is 36.3 Å². The Labute approximate surface area is 124 Å². The lowest BCUT2D eigenvalue weighted by Crippen LogP contribution is -2.48. The summed E-state index contributed by atoms with van der Waals surface area (Å²) in [6.45, 7) is 0. The first-order chi connectivity index (χ1) is 10.0. The third kappa shape index (κ3) is 3.94. The molecule has 0 spiro atoms. The van der Waals surface area contributed by atoms with Gasteiger partial charge in [0.25, 0.3) is 0 Å². The summed E-state index contributed by atoms with van der Waals surface area (Å²) in [5.74, 6) is 1.80. The van der Waals surface area contributed by atoms with Gasteiger partial charge in [0.1, 0.15) is 5.75 Å². The largest absolute Gasteiger partial charge is 0.291 e. The number of rotatable bonds is 4. The molecule has 1 aliphatic heterocycles. The van der Waals surface area contributed by atoms with Gasteiger partial charge < -0.3 is 0 Å². The van der Waals surface area contributed by atoms with Crippen LogP contribution in [0, 0.1) is 12.3 Å². The molecule has 2 N–H and O–H groups in total. The highest BCUT2D eigenvalue weighted by atomic mass is 32.2. The second-order valence-electron chi connectivity index (χ2n) is 4.70. The van der Waals surface area contributed by atoms with Crippen molar-refractivity contribution in [2.75, 3.05) is 5.75 Å². The molecule has 1 saturated heterocycles. The first-order valence-corrected chi connectivity index (χ1v) is 8.16. The molecule has 5 nitrogen and oxygen atoms in total. The molecule has 1 aliphatic rings. The molecule has 1 aromatic rings. The molecule has 1 heterocycles. The van der Waals surface area contributed by atoms with Gasteiger partial charge in [0.05, 0.1) is 4.90 Å². The van der Waals surface area contributed by atoms with Crippen molar-refractivity contribution in [3.8, 4) is 12.3 Å². The molecule has 0 aromatic heterocycles. The van der Waals surface area contributed by atoms with Crippen LogP contribution in [-0.4, -0.2) is 26.1 Å². The van der Waals surface area contributed by atoms with Gasteiger partial charge in [0, 0.05) is 12.5 Å². The Morgan fingerprint density at radius 1 is 1.38 bits per heavy atom. The normalized spacial score (nSPS) is 19.2. The zero-order valence-electron chi connectivity index (χ0n) is 11.4. The molecule has 1 unspecified atom stereocenters. The SMILES string of the molecule is C#CCS(=O)(=O)c1ccccc1/C=C/C1CCC(=O)NN1. The highest BCUT2D eigenvalue weighted by Gasteiger charge is 2.17. The van der Waals surface area contributed by atoms with Gasteiger partial charge in [-0.3, -0.25) is 10.2 Å². The van der Waals surface area contributed by atoms with E-state index >= 15 is 0 Å². The van der Waals surface area contributed by atoms with Crippen molar-refractivity contribution in [3.05, 3.63) is 35.9 Å². The van der Waals surface area contributed by atoms with E-state index in [4.69, 9.17) is 6.42 Å². The van der Waals surface area contributed by atoms with E-state index in [0.717, 1.165) is 0 Å². The molecule has 110 valence electrons. The second kappa shape index (κ2) is 6.57. The van der Waals surface area contributed by atoms with E-state index in [1.807, 2.05) is 6.08 Å². The summed E-state index contributed by atoms with van der Waals surface area (Å²) in [4.78, 5) is 11.3. The molecule has 1 fully saturated rings. The Morgan fingerprint density at radius 2 is 2.14 bits per heavy atom. The number of amides is 1. The fourth-order valence-corrected chi connectivity index (χ4v) is 3.20. The maximum Gasteiger partial charge on any atom is 0.234 e. The number of carbonyl (C=O) groups excluding carboxylic acids is 1. The summed E-state index contributed by atoms with van der Waals surface area (Å²) in [5, 5.41) is 0. The fraction of sp³-hybridized carbons (Fsp3) is 0.267. The van der Waals surface area contributed by atoms with Crippen molar-refractivity contribution in [3.63, 3.8) is 0 Å². The number of carbonyl (C=O) groups is 1. The van der Waals surface area contributed by atoms with Crippen LogP contribution in [0.15, 0.2) is 35.2 Å². The summed E-state index contributed by atoms with van der Waals surface area (Å²) < 4.78 is 24.2. The Morgan fingerprint density at radius 3 is 2.81 bits per heavy atom. The first kappa shape index (κ1) is 15.3. The van der Waals surface area contributed by atoms with Gasteiger partial charge in [-0.05, 0) is 18.1 Å². The average molecular weight is 304 g/mol. The van der Waals surface area contributed by atoms with Crippen molar-refractivity contribution < 1.29 is 13.2 Å². The number of terminal acetylenes is 1. The third-order valence-corrected chi connectivity index (χ3v) is 4.70. The van der Waals surface area contributed by atoms with Crippen LogP contribution in [0.5, 0.6) is 0 Å². The molecule has 2 rings (SSSR count). The Kier molecular flexibility index (Phi) is 4.78. The molecule has 0 bridgehead atoms. The van der Waals surface area contributed by atoms with E-state index in [1.165, 1.54) is 0 Å². The molecule has 0 radical (unpaired) electrons. The molecular formula is C15H16N2O3S. The first-order valence-electron chi connectivity index (χ1n) is 6.51. The summed E-state index contributed by atoms with van der Waals surface area (Å²) in [7, 11) is -3.48. The quantitative estimate of drug-likeness (QED) is 0.810. The third-order valence-electron chi connectivity index (χ3n) is 3.11. The Bertz CT molecular complexity index is 692. The zero-order chi connectivity index (χ0) is 15.3. The monoisotopic (exact) mass is 304 g/mol. The highest BCUT2D eigenvalue weighted by molar-refractivity contribution is 7.91. The summed E-state index contributed by atoms with van der Waals surface area (Å²) >= 11 is 0. The van der Waals surface area contributed by atoms with Crippen LogP contribution in [-0.2, 0) is 14.6 Å². The smallest absolute Gasteiger partial charge is 0.234 e. The van der Waals surface area contributed by atoms with Crippen molar-refractivity contribution in [2.45, 2.75) is 23.8 Å². The molecule has 6 heteroatoms. The lowest BCUT2D eigenvalue weighted by atomic mass is 10.1. The van der Waals surface area contributed by atoms with Gasteiger partial charge in [0.15, 0.2) is 9.84 Å². The van der Waals surface area contributed by atoms with E-state index < -0.39 is 9.84 Å². The lowest BCUT2D eigenvalue weighted by Gasteiger charge is -2.20. The lowest BCUT2D eigenvalue weighted by molar-refractivity contribution is -0.123. The zero-order valence-corrected chi connectivity index (χ0v) is 12.2. The van der Waals surface area contributed by atoms with Crippen LogP contribution >= 0.6 is 0 Å². The van der Waals surface area contributed by atoms with Crippen LogP contribution in [0.2, 0.25) is 0 Å². The average Bonchev–Trinajstić information content (AvgIpc) is 2.47. The Hall–Kier alpha value is -2.10. The van der Waals surface area contributed by atoms with E-state index in [1.54, 1.807) is 30.3 Å². The van der Waals surface area contributed by atoms with Crippen LogP contribution in [0.25, 0.3) is 6.08 Å². The molecule has 1 aromatic carbocycles. The molecule has 0 saturated carbocycles. The van der Waals surface area contributed by atoms with E-state index in [-0.39, 0.29) is 22.6 Å². The maximum atomic E-state index is 12.1. The molecule has 1 amide bonds. The number of hydrazine groups is 1. The minimum atomic E-state index is -3.48. The van der Waals surface area contributed by atoms with Gasteiger partial charge in [-0.2, -0.15) is 0 Å². The Balaban J connectivity index is 2.21. The van der Waals surface area contributed by atoms with E-state index in [2.05, 4.69) is 16.8 Å². The molecule has 0 aliphatic carbocycles. The van der Waals surface area contributed by atoms with E-state index in [9.17, 15) is 13.2 Å². The molecule has 1 atom stereocenters. The van der Waals surface area contributed by atoms with Crippen LogP contribution in [0.4, 0.5) is 0 Å². The summed E-state index contributed by atoms with van der Waals surface area (Å²) in [6, 6.07) is 6.68. The van der Waals surface area contributed by atoms with Gasteiger partial charge in [-0.25, -0.2) is 13.8 Å². The predicted molar refractivity (Wildman–Crippen MR) is 80.7 cm³/mol. The van der Waals surface area contributed by atoms with Gasteiger partial charge >= 0.3 is 0 Å². The standard InChI is InChI=1S/C15H16N2O3S/c1-2-11-21(19,20)14-6-4-3-5-12(14)7-8-13-9-10-15(18)17-16-13/h1,3-8,13,16H,9-11H2,(H,17,18)/b8-7+. The van der Waals surface area contributed by atoms with Gasteiger partial charge in [-0.15, -0.1) is 6.42 Å². The maximum absolute atomic E-state index is 12.1. The van der Waals surface area contributed by atoms with Crippen LogP contribution < -0.4 is 10.9 Å². The van der Waals surface area contributed by atoms with Crippen molar-refractivity contribution >= 4 is 21.8 Å². The topological polar surface area (TPSA) is 75.3 Å².